The number of benzene rings is 2. The molecule has 31 heteroatoms. The number of rotatable bonds is 34. The van der Waals surface area contributed by atoms with Gasteiger partial charge in [0.05, 0.1) is 68.2 Å². The summed E-state index contributed by atoms with van der Waals surface area (Å²) >= 11 is 3.54. The van der Waals surface area contributed by atoms with E-state index in [1.54, 1.807) is 37.8 Å². The number of alkyl halides is 2. The molecule has 2 unspecified atom stereocenters. The largest absolute Gasteiger partial charge is 0.494 e. The van der Waals surface area contributed by atoms with E-state index in [4.69, 9.17) is 4.74 Å². The van der Waals surface area contributed by atoms with Crippen molar-refractivity contribution < 1.29 is 76.8 Å². The van der Waals surface area contributed by atoms with Gasteiger partial charge in [0.2, 0.25) is 35.4 Å². The SMILES string of the molecule is CN=C[C@H]1CC(F)(F)CN1C(=O)CNC(=O)c1ccnc2ccc(OCCCCN3CCN(C(=O)CN4C(=O)CC(SC(CCCCCNC(=O)CCCc5ccc(I)cc5)CNC(=O)CN5CCN(CC(=O)O)CCN(CC(=O)O)CCN(CC(=O)O)CC5)C4=O)CC3)cc12. The molecule has 526 valence electrons. The van der Waals surface area contributed by atoms with Crippen LogP contribution in [0.1, 0.15) is 80.1 Å². The molecule has 0 saturated carbocycles. The summed E-state index contributed by atoms with van der Waals surface area (Å²) in [4.78, 5) is 150. The first kappa shape index (κ1) is 76.3. The van der Waals surface area contributed by atoms with Crippen molar-refractivity contribution in [3.63, 3.8) is 0 Å². The lowest BCUT2D eigenvalue weighted by atomic mass is 10.1. The number of amides is 7. The molecule has 27 nitrogen and oxygen atoms in total. The maximum Gasteiger partial charge on any atom is 0.317 e. The van der Waals surface area contributed by atoms with Gasteiger partial charge < -0.3 is 45.8 Å². The highest BCUT2D eigenvalue weighted by molar-refractivity contribution is 14.1. The molecule has 7 amide bonds. The molecule has 2 aromatic carbocycles. The molecule has 3 atom stereocenters. The molecule has 0 radical (unpaired) electrons. The first-order valence-corrected chi connectivity index (χ1v) is 34.7. The molecule has 4 fully saturated rings. The third-order valence-electron chi connectivity index (χ3n) is 17.2. The number of aryl methyl sites for hydroxylation is 1. The fraction of sp³-hybridized carbons (Fsp3) is 0.600. The van der Waals surface area contributed by atoms with E-state index >= 15 is 0 Å². The van der Waals surface area contributed by atoms with Crippen LogP contribution < -0.4 is 20.7 Å². The number of ether oxygens (including phenoxy) is 1. The predicted molar refractivity (Wildman–Crippen MR) is 363 cm³/mol. The number of carbonyl (C=O) groups is 10. The normalized spacial score (nSPS) is 19.3. The van der Waals surface area contributed by atoms with E-state index in [1.165, 1.54) is 42.9 Å². The minimum Gasteiger partial charge on any atom is -0.494 e. The number of aliphatic carboxylic acids is 3. The van der Waals surface area contributed by atoms with Gasteiger partial charge >= 0.3 is 17.9 Å². The van der Waals surface area contributed by atoms with E-state index in [0.29, 0.717) is 88.1 Å². The fourth-order valence-corrected chi connectivity index (χ4v) is 13.8. The predicted octanol–water partition coefficient (Wildman–Crippen LogP) is 2.33. The average Bonchev–Trinajstić information content (AvgIpc) is 1.46. The van der Waals surface area contributed by atoms with Crippen LogP contribution in [0, 0.1) is 3.57 Å². The second kappa shape index (κ2) is 38.8. The van der Waals surface area contributed by atoms with Crippen molar-refractivity contribution in [1.82, 2.24) is 60.1 Å². The van der Waals surface area contributed by atoms with Crippen LogP contribution in [-0.4, -0.2) is 305 Å². The van der Waals surface area contributed by atoms with E-state index in [9.17, 15) is 72.0 Å². The second-order valence-electron chi connectivity index (χ2n) is 24.6. The van der Waals surface area contributed by atoms with Gasteiger partial charge in [-0.3, -0.25) is 87.3 Å². The number of fused-ring (bicyclic) bond motifs is 1. The quantitative estimate of drug-likeness (QED) is 0.0216. The summed E-state index contributed by atoms with van der Waals surface area (Å²) in [6, 6.07) is 14.0. The molecule has 96 heavy (non-hydrogen) atoms. The lowest BCUT2D eigenvalue weighted by Crippen LogP contribution is -2.52. The summed E-state index contributed by atoms with van der Waals surface area (Å²) in [5.41, 5.74) is 1.92. The summed E-state index contributed by atoms with van der Waals surface area (Å²) in [7, 11) is 1.44. The first-order chi connectivity index (χ1) is 46.0. The van der Waals surface area contributed by atoms with Crippen LogP contribution in [0.25, 0.3) is 10.9 Å². The number of pyridine rings is 1. The maximum atomic E-state index is 14.2. The number of hydrogen-bond donors (Lipinski definition) is 6. The monoisotopic (exact) mass is 1470 g/mol. The van der Waals surface area contributed by atoms with Crippen molar-refractivity contribution in [3.8, 4) is 5.75 Å². The Hall–Kier alpha value is -7.04. The zero-order valence-corrected chi connectivity index (χ0v) is 57.4. The number of unbranched alkanes of at least 4 members (excludes halogenated alkanes) is 3. The Morgan fingerprint density at radius 3 is 1.97 bits per heavy atom. The standard InChI is InChI=1S/C65H90F2IN13O14S/c1-69-37-48-36-65(66,67)45-81(48)58(85)39-73-63(93)51-17-19-70-53-16-15-49(34-52(51)53)95-33-6-5-20-74-29-31-79(32-30-74)59(86)41-80-57(84)35-54(64(80)94)96-50(9-3-2-4-18-71-55(82)10-7-8-46-11-13-47(68)14-12-46)38-72-56(83)40-75-21-23-76(42-60(87)88)25-27-78(44-62(91)92)28-26-77(24-22-75)43-61(89)90/h11-17,19,34,37,48,50,54H,2-10,18,20-33,35-36,38-45H2,1H3,(H,71,82)(H,72,83)(H,73,93)(H,87,88)(H,89,90)(H,91,92)/t48-,50?,54?/m1/s1. The summed E-state index contributed by atoms with van der Waals surface area (Å²) in [5.74, 6) is -8.69. The lowest BCUT2D eigenvalue weighted by molar-refractivity contribution is -0.146. The molecule has 0 bridgehead atoms. The third kappa shape index (κ3) is 25.8. The third-order valence-corrected chi connectivity index (χ3v) is 19.4. The molecule has 4 aliphatic heterocycles. The lowest BCUT2D eigenvalue weighted by Gasteiger charge is -2.35. The summed E-state index contributed by atoms with van der Waals surface area (Å²) < 4.78 is 35.5. The van der Waals surface area contributed by atoms with Crippen LogP contribution in [0.3, 0.4) is 0 Å². The minimum atomic E-state index is -3.06. The topological polar surface area (TPSA) is 328 Å². The van der Waals surface area contributed by atoms with E-state index in [1.807, 2.05) is 17.0 Å². The van der Waals surface area contributed by atoms with Crippen molar-refractivity contribution in [3.05, 3.63) is 69.4 Å². The minimum absolute atomic E-state index is 0.0282. The number of thioether (sulfide) groups is 1. The first-order valence-electron chi connectivity index (χ1n) is 32.7. The van der Waals surface area contributed by atoms with Gasteiger partial charge in [0, 0.05) is 145 Å². The average molecular weight is 1470 g/mol. The number of aromatic nitrogens is 1. The van der Waals surface area contributed by atoms with Gasteiger partial charge in [-0.2, -0.15) is 0 Å². The number of carbonyl (C=O) groups excluding carboxylic acids is 7. The Kier molecular flexibility index (Phi) is 30.8. The number of imide groups is 1. The van der Waals surface area contributed by atoms with Crippen LogP contribution >= 0.6 is 34.4 Å². The van der Waals surface area contributed by atoms with Crippen LogP contribution in [0.15, 0.2) is 59.7 Å². The highest BCUT2D eigenvalue weighted by Crippen LogP contribution is 2.33. The highest BCUT2D eigenvalue weighted by Gasteiger charge is 2.46. The van der Waals surface area contributed by atoms with Crippen LogP contribution in [0.2, 0.25) is 0 Å². The number of aliphatic imine (C=N–C) groups is 1. The van der Waals surface area contributed by atoms with Crippen molar-refractivity contribution in [2.75, 3.05) is 158 Å². The number of piperazine rings is 1. The Labute approximate surface area is 575 Å². The number of nitrogens with one attached hydrogen (secondary N) is 3. The molecule has 4 saturated heterocycles. The van der Waals surface area contributed by atoms with Crippen LogP contribution in [0.4, 0.5) is 8.78 Å². The van der Waals surface area contributed by atoms with E-state index in [2.05, 4.69) is 65.6 Å². The van der Waals surface area contributed by atoms with E-state index in [-0.39, 0.29) is 120 Å². The smallest absolute Gasteiger partial charge is 0.317 e. The molecule has 4 aliphatic rings. The second-order valence-corrected chi connectivity index (χ2v) is 27.3. The number of carboxylic acids is 3. The molecule has 3 aromatic rings. The van der Waals surface area contributed by atoms with Crippen molar-refractivity contribution >= 4 is 111 Å². The zero-order chi connectivity index (χ0) is 69.2. The Bertz CT molecular complexity index is 3160. The molecule has 1 aromatic heterocycles. The van der Waals surface area contributed by atoms with Crippen molar-refractivity contribution in [2.24, 2.45) is 4.99 Å². The van der Waals surface area contributed by atoms with Crippen molar-refractivity contribution in [2.45, 2.75) is 93.1 Å². The van der Waals surface area contributed by atoms with Crippen LogP contribution in [-0.2, 0) is 49.6 Å². The zero-order valence-electron chi connectivity index (χ0n) is 54.4. The maximum absolute atomic E-state index is 14.2. The summed E-state index contributed by atoms with van der Waals surface area (Å²) in [6.45, 7) is 2.79. The van der Waals surface area contributed by atoms with Crippen molar-refractivity contribution in [1.29, 1.82) is 0 Å². The Morgan fingerprint density at radius 2 is 1.34 bits per heavy atom. The number of likely N-dealkylation sites (tertiary alicyclic amines) is 2. The van der Waals surface area contributed by atoms with Gasteiger partial charge in [-0.05, 0) is 110 Å². The Morgan fingerprint density at radius 1 is 0.719 bits per heavy atom. The molecule has 6 N–H and O–H groups in total. The van der Waals surface area contributed by atoms with Gasteiger partial charge in [-0.1, -0.05) is 25.0 Å². The number of halogens is 3. The molecule has 5 heterocycles. The number of carboxylic acid groups (broad SMARTS) is 3. The summed E-state index contributed by atoms with van der Waals surface area (Å²) in [6.07, 6.45) is 8.12. The van der Waals surface area contributed by atoms with Gasteiger partial charge in [0.15, 0.2) is 0 Å². The number of hydrogen-bond acceptors (Lipinski definition) is 19. The molecule has 0 spiro atoms. The molecule has 0 aliphatic carbocycles. The molecular weight excluding hydrogens is 1380 g/mol. The fourth-order valence-electron chi connectivity index (χ4n) is 12.0. The van der Waals surface area contributed by atoms with Gasteiger partial charge in [-0.25, -0.2) is 8.78 Å². The van der Waals surface area contributed by atoms with Gasteiger partial charge in [-0.15, -0.1) is 11.8 Å². The molecule has 7 rings (SSSR count). The van der Waals surface area contributed by atoms with E-state index < -0.39 is 84.8 Å². The van der Waals surface area contributed by atoms with E-state index in [0.717, 1.165) is 45.6 Å². The summed E-state index contributed by atoms with van der Waals surface area (Å²) in [5, 5.41) is 36.8. The Balaban J connectivity index is 0.868. The van der Waals surface area contributed by atoms with Gasteiger partial charge in [0.25, 0.3) is 11.8 Å². The number of nitrogens with zero attached hydrogens (tertiary/aromatic N) is 10. The van der Waals surface area contributed by atoms with Crippen LogP contribution in [0.5, 0.6) is 5.75 Å². The highest BCUT2D eigenvalue weighted by atomic mass is 127. The van der Waals surface area contributed by atoms with Gasteiger partial charge in [0.1, 0.15) is 12.3 Å². The molecular formula is C65H90F2IN13O14S.